The zero-order chi connectivity index (χ0) is 26.4. The predicted octanol–water partition coefficient (Wildman–Crippen LogP) is 5.70. The van der Waals surface area contributed by atoms with Gasteiger partial charge in [0.25, 0.3) is 11.1 Å². The van der Waals surface area contributed by atoms with Crippen LogP contribution in [0.2, 0.25) is 5.02 Å². The molecule has 2 saturated heterocycles. The summed E-state index contributed by atoms with van der Waals surface area (Å²) in [6.45, 7) is 7.59. The summed E-state index contributed by atoms with van der Waals surface area (Å²) in [5, 5.41) is 0.211. The molecule has 0 bridgehead atoms. The molecule has 2 aromatic carbocycles. The van der Waals surface area contributed by atoms with Gasteiger partial charge in [-0.15, -0.1) is 6.58 Å². The molecule has 0 atom stereocenters. The molecular weight excluding hydrogens is 512 g/mol. The highest BCUT2D eigenvalue weighted by atomic mass is 35.5. The quantitative estimate of drug-likeness (QED) is 0.284. The number of rotatable bonds is 10. The van der Waals surface area contributed by atoms with E-state index in [9.17, 15) is 14.4 Å². The van der Waals surface area contributed by atoms with E-state index in [2.05, 4.69) is 6.58 Å². The number of halogens is 1. The lowest BCUT2D eigenvalue weighted by molar-refractivity contribution is -0.135. The van der Waals surface area contributed by atoms with Gasteiger partial charge in [-0.25, -0.2) is 0 Å². The molecular formula is C28H29ClN2O5S. The van der Waals surface area contributed by atoms with E-state index in [0.717, 1.165) is 40.6 Å². The number of hydrogen-bond donors (Lipinski definition) is 0. The number of allylic oxidation sites excluding steroid dienone is 1. The van der Waals surface area contributed by atoms with Crippen LogP contribution in [0.15, 0.2) is 54.0 Å². The summed E-state index contributed by atoms with van der Waals surface area (Å²) in [4.78, 5) is 41.1. The Balaban J connectivity index is 1.57. The molecule has 0 N–H and O–H groups in total. The Morgan fingerprint density at radius 1 is 1.14 bits per heavy atom. The number of hydrogen-bond acceptors (Lipinski definition) is 6. The highest BCUT2D eigenvalue weighted by Crippen LogP contribution is 2.38. The fourth-order valence-corrected chi connectivity index (χ4v) is 5.19. The van der Waals surface area contributed by atoms with Crippen molar-refractivity contribution in [3.63, 3.8) is 0 Å². The molecule has 4 rings (SSSR count). The summed E-state index contributed by atoms with van der Waals surface area (Å²) < 4.78 is 12.0. The van der Waals surface area contributed by atoms with Crippen LogP contribution in [0.5, 0.6) is 11.5 Å². The number of nitrogens with zero attached hydrogens (tertiary/aromatic N) is 2. The standard InChI is InChI=1S/C28H29ClN2O5S/c1-3-7-21-14-20(15-23(35-4-2)26(21)36-18-19-8-10-22(29)11-9-19)16-24-27(33)31(28(34)37-24)17-25(32)30-12-5-6-13-30/h3,8-11,14-16H,1,4-7,12-13,17-18H2,2H3/b24-16-. The molecule has 0 spiro atoms. The van der Waals surface area contributed by atoms with Gasteiger partial charge in [0, 0.05) is 23.7 Å². The Morgan fingerprint density at radius 3 is 2.54 bits per heavy atom. The number of ether oxygens (including phenoxy) is 2. The first-order chi connectivity index (χ1) is 17.9. The molecule has 7 nitrogen and oxygen atoms in total. The predicted molar refractivity (Wildman–Crippen MR) is 146 cm³/mol. The molecule has 9 heteroatoms. The van der Waals surface area contributed by atoms with Crippen molar-refractivity contribution in [1.29, 1.82) is 0 Å². The lowest BCUT2D eigenvalue weighted by Gasteiger charge is -2.18. The van der Waals surface area contributed by atoms with Crippen molar-refractivity contribution in [2.75, 3.05) is 26.2 Å². The number of thioether (sulfide) groups is 1. The van der Waals surface area contributed by atoms with Crippen LogP contribution in [0.25, 0.3) is 6.08 Å². The summed E-state index contributed by atoms with van der Waals surface area (Å²) in [6, 6.07) is 11.1. The van der Waals surface area contributed by atoms with Crippen LogP contribution in [-0.2, 0) is 22.6 Å². The number of amides is 3. The molecule has 194 valence electrons. The first kappa shape index (κ1) is 26.8. The van der Waals surface area contributed by atoms with Crippen LogP contribution in [0.3, 0.4) is 0 Å². The molecule has 2 aromatic rings. The molecule has 2 heterocycles. The first-order valence-electron chi connectivity index (χ1n) is 12.2. The monoisotopic (exact) mass is 540 g/mol. The zero-order valence-corrected chi connectivity index (χ0v) is 22.3. The van der Waals surface area contributed by atoms with Crippen LogP contribution in [-0.4, -0.2) is 53.1 Å². The molecule has 0 saturated carbocycles. The average Bonchev–Trinajstić information content (AvgIpc) is 3.50. The van der Waals surface area contributed by atoms with Crippen molar-refractivity contribution in [2.45, 2.75) is 32.8 Å². The van der Waals surface area contributed by atoms with E-state index in [1.165, 1.54) is 0 Å². The SMILES string of the molecule is C=CCc1cc(/C=C2\SC(=O)N(CC(=O)N3CCCC3)C2=O)cc(OCC)c1OCc1ccc(Cl)cc1. The van der Waals surface area contributed by atoms with E-state index in [0.29, 0.717) is 54.8 Å². The van der Waals surface area contributed by atoms with Gasteiger partial charge >= 0.3 is 0 Å². The minimum absolute atomic E-state index is 0.199. The molecule has 3 amide bonds. The number of imide groups is 1. The summed E-state index contributed by atoms with van der Waals surface area (Å²) in [5.74, 6) is 0.465. The van der Waals surface area contributed by atoms with Gasteiger partial charge in [-0.2, -0.15) is 0 Å². The second-order valence-electron chi connectivity index (χ2n) is 8.70. The first-order valence-corrected chi connectivity index (χ1v) is 13.4. The molecule has 0 radical (unpaired) electrons. The van der Waals surface area contributed by atoms with Gasteiger partial charge in [0.2, 0.25) is 5.91 Å². The summed E-state index contributed by atoms with van der Waals surface area (Å²) >= 11 is 6.82. The largest absolute Gasteiger partial charge is 0.490 e. The zero-order valence-electron chi connectivity index (χ0n) is 20.7. The Hall–Kier alpha value is -3.23. The maximum absolute atomic E-state index is 13.0. The van der Waals surface area contributed by atoms with E-state index in [-0.39, 0.29) is 17.4 Å². The maximum Gasteiger partial charge on any atom is 0.294 e. The van der Waals surface area contributed by atoms with Crippen LogP contribution >= 0.6 is 23.4 Å². The minimum Gasteiger partial charge on any atom is -0.490 e. The Labute approximate surface area is 226 Å². The lowest BCUT2D eigenvalue weighted by atomic mass is 10.0. The second kappa shape index (κ2) is 12.3. The molecule has 0 unspecified atom stereocenters. The van der Waals surface area contributed by atoms with Crippen molar-refractivity contribution in [3.05, 3.63) is 75.7 Å². The van der Waals surface area contributed by atoms with Gasteiger partial charge in [-0.1, -0.05) is 29.8 Å². The number of likely N-dealkylation sites (tertiary alicyclic amines) is 1. The molecule has 37 heavy (non-hydrogen) atoms. The molecule has 0 aromatic heterocycles. The van der Waals surface area contributed by atoms with Crippen molar-refractivity contribution in [2.24, 2.45) is 0 Å². The summed E-state index contributed by atoms with van der Waals surface area (Å²) in [5.41, 5.74) is 2.48. The fourth-order valence-electron chi connectivity index (χ4n) is 4.23. The van der Waals surface area contributed by atoms with Gasteiger partial charge in [0.05, 0.1) is 11.5 Å². The normalized spacial score (nSPS) is 16.5. The minimum atomic E-state index is -0.464. The average molecular weight is 541 g/mol. The maximum atomic E-state index is 13.0. The van der Waals surface area contributed by atoms with Gasteiger partial charge in [0.1, 0.15) is 13.2 Å². The second-order valence-corrected chi connectivity index (χ2v) is 10.1. The van der Waals surface area contributed by atoms with Crippen molar-refractivity contribution in [3.8, 4) is 11.5 Å². The highest BCUT2D eigenvalue weighted by molar-refractivity contribution is 8.18. The van der Waals surface area contributed by atoms with Crippen LogP contribution in [0.4, 0.5) is 4.79 Å². The lowest BCUT2D eigenvalue weighted by Crippen LogP contribution is -2.40. The van der Waals surface area contributed by atoms with Gasteiger partial charge in [-0.05, 0) is 79.4 Å². The number of carbonyl (C=O) groups excluding carboxylic acids is 3. The highest BCUT2D eigenvalue weighted by Gasteiger charge is 2.37. The van der Waals surface area contributed by atoms with E-state index < -0.39 is 11.1 Å². The third-order valence-corrected chi connectivity index (χ3v) is 7.20. The van der Waals surface area contributed by atoms with Crippen molar-refractivity contribution < 1.29 is 23.9 Å². The van der Waals surface area contributed by atoms with Gasteiger partial charge in [0.15, 0.2) is 11.5 Å². The molecule has 0 aliphatic carbocycles. The van der Waals surface area contributed by atoms with E-state index >= 15 is 0 Å². The van der Waals surface area contributed by atoms with Crippen LogP contribution in [0, 0.1) is 0 Å². The third-order valence-electron chi connectivity index (χ3n) is 6.04. The smallest absolute Gasteiger partial charge is 0.294 e. The molecule has 2 aliphatic heterocycles. The van der Waals surface area contributed by atoms with Crippen LogP contribution < -0.4 is 9.47 Å². The summed E-state index contributed by atoms with van der Waals surface area (Å²) in [6.07, 6.45) is 5.83. The van der Waals surface area contributed by atoms with Crippen molar-refractivity contribution in [1.82, 2.24) is 9.80 Å². The Bertz CT molecular complexity index is 1220. The fraction of sp³-hybridized carbons (Fsp3) is 0.321. The number of benzene rings is 2. The van der Waals surface area contributed by atoms with E-state index in [1.807, 2.05) is 37.3 Å². The van der Waals surface area contributed by atoms with Crippen molar-refractivity contribution >= 4 is 46.5 Å². The van der Waals surface area contributed by atoms with Gasteiger partial charge in [-0.3, -0.25) is 19.3 Å². The van der Waals surface area contributed by atoms with Crippen LogP contribution in [0.1, 0.15) is 36.5 Å². The molecule has 2 aliphatic rings. The third kappa shape index (κ3) is 6.56. The Morgan fingerprint density at radius 2 is 1.86 bits per heavy atom. The van der Waals surface area contributed by atoms with Gasteiger partial charge < -0.3 is 14.4 Å². The number of carbonyl (C=O) groups is 3. The van der Waals surface area contributed by atoms with E-state index in [1.54, 1.807) is 23.1 Å². The topological polar surface area (TPSA) is 76.2 Å². The molecule has 2 fully saturated rings. The van der Waals surface area contributed by atoms with E-state index in [4.69, 9.17) is 21.1 Å². The Kier molecular flexibility index (Phi) is 8.95. The summed E-state index contributed by atoms with van der Waals surface area (Å²) in [7, 11) is 0.